The summed E-state index contributed by atoms with van der Waals surface area (Å²) in [6.45, 7) is -0.744. The Hall–Kier alpha value is -2.15. The van der Waals surface area contributed by atoms with Crippen molar-refractivity contribution in [1.82, 2.24) is 5.32 Å². The number of aliphatic carboxylic acids is 1. The average molecular weight is 256 g/mol. The second kappa shape index (κ2) is 5.97. The second-order valence-corrected chi connectivity index (χ2v) is 3.53. The number of nitrogens with one attached hydrogen (secondary N) is 1. The van der Waals surface area contributed by atoms with E-state index in [1.807, 2.05) is 0 Å². The summed E-state index contributed by atoms with van der Waals surface area (Å²) in [5, 5.41) is 19.5. The van der Waals surface area contributed by atoms with Gasteiger partial charge in [-0.15, -0.1) is 0 Å². The van der Waals surface area contributed by atoms with Crippen molar-refractivity contribution in [2.45, 2.75) is 6.04 Å². The first-order valence-electron chi connectivity index (χ1n) is 5.09. The number of aliphatic hydroxyl groups excluding tert-OH is 1. The van der Waals surface area contributed by atoms with E-state index in [0.717, 1.165) is 4.90 Å². The number of amides is 2. The summed E-state index contributed by atoms with van der Waals surface area (Å²) in [5.74, 6) is -1.97. The Kier molecular flexibility index (Phi) is 4.61. The van der Waals surface area contributed by atoms with Gasteiger partial charge in [-0.3, -0.25) is 4.90 Å². The maximum atomic E-state index is 13.4. The number of aliphatic hydroxyl groups is 1. The van der Waals surface area contributed by atoms with Gasteiger partial charge in [-0.05, 0) is 12.1 Å². The highest BCUT2D eigenvalue weighted by atomic mass is 19.1. The van der Waals surface area contributed by atoms with Gasteiger partial charge in [0, 0.05) is 7.05 Å². The maximum Gasteiger partial charge on any atom is 0.328 e. The van der Waals surface area contributed by atoms with Crippen LogP contribution in [0.2, 0.25) is 0 Å². The van der Waals surface area contributed by atoms with E-state index in [0.29, 0.717) is 0 Å². The molecule has 18 heavy (non-hydrogen) atoms. The zero-order valence-electron chi connectivity index (χ0n) is 9.63. The third-order valence-corrected chi connectivity index (χ3v) is 2.30. The largest absolute Gasteiger partial charge is 0.480 e. The molecule has 1 atom stereocenters. The smallest absolute Gasteiger partial charge is 0.328 e. The lowest BCUT2D eigenvalue weighted by molar-refractivity contribution is -0.140. The van der Waals surface area contributed by atoms with Crippen molar-refractivity contribution >= 4 is 17.7 Å². The highest BCUT2D eigenvalue weighted by molar-refractivity contribution is 5.94. The van der Waals surface area contributed by atoms with Gasteiger partial charge >= 0.3 is 12.0 Å². The van der Waals surface area contributed by atoms with Crippen molar-refractivity contribution in [3.63, 3.8) is 0 Å². The van der Waals surface area contributed by atoms with Crippen molar-refractivity contribution < 1.29 is 24.2 Å². The molecule has 0 aliphatic rings. The minimum Gasteiger partial charge on any atom is -0.480 e. The molecule has 0 saturated heterocycles. The third kappa shape index (κ3) is 3.17. The fourth-order valence-corrected chi connectivity index (χ4v) is 1.26. The lowest BCUT2D eigenvalue weighted by Gasteiger charge is -2.20. The van der Waals surface area contributed by atoms with Crippen molar-refractivity contribution in [3.8, 4) is 0 Å². The van der Waals surface area contributed by atoms with Gasteiger partial charge in [-0.2, -0.15) is 0 Å². The van der Waals surface area contributed by atoms with Crippen LogP contribution in [-0.4, -0.2) is 41.9 Å². The number of para-hydroxylation sites is 1. The van der Waals surface area contributed by atoms with E-state index in [2.05, 4.69) is 5.32 Å². The fourth-order valence-electron chi connectivity index (χ4n) is 1.26. The normalized spacial score (nSPS) is 11.7. The van der Waals surface area contributed by atoms with Crippen molar-refractivity contribution in [3.05, 3.63) is 30.1 Å². The van der Waals surface area contributed by atoms with Crippen LogP contribution in [0.25, 0.3) is 0 Å². The van der Waals surface area contributed by atoms with Crippen LogP contribution in [0.5, 0.6) is 0 Å². The molecule has 7 heteroatoms. The highest BCUT2D eigenvalue weighted by Crippen LogP contribution is 2.16. The number of carboxylic acid groups (broad SMARTS) is 1. The molecule has 3 N–H and O–H groups in total. The maximum absolute atomic E-state index is 13.4. The Labute approximate surface area is 103 Å². The van der Waals surface area contributed by atoms with Gasteiger partial charge in [0.2, 0.25) is 0 Å². The summed E-state index contributed by atoms with van der Waals surface area (Å²) in [6, 6.07) is 3.33. The molecule has 0 aliphatic heterocycles. The van der Waals surface area contributed by atoms with Crippen LogP contribution in [0.1, 0.15) is 0 Å². The molecule has 0 heterocycles. The number of halogens is 1. The molecule has 0 radical (unpaired) electrons. The number of benzene rings is 1. The molecule has 1 aromatic carbocycles. The second-order valence-electron chi connectivity index (χ2n) is 3.53. The monoisotopic (exact) mass is 256 g/mol. The number of hydrogen-bond donors (Lipinski definition) is 3. The summed E-state index contributed by atoms with van der Waals surface area (Å²) in [7, 11) is 1.30. The molecule has 1 rings (SSSR count). The number of hydrogen-bond acceptors (Lipinski definition) is 3. The standard InChI is InChI=1S/C11H13FN2O4/c1-14(9-5-3-2-4-7(9)12)11(18)13-8(6-15)10(16)17/h2-5,8,15H,6H2,1H3,(H,13,18)(H,16,17)/t8-/m1/s1. The first-order valence-corrected chi connectivity index (χ1v) is 5.09. The van der Waals surface area contributed by atoms with E-state index in [-0.39, 0.29) is 5.69 Å². The van der Waals surface area contributed by atoms with Gasteiger partial charge < -0.3 is 15.5 Å². The molecule has 1 aromatic rings. The Morgan fingerprint density at radius 1 is 1.44 bits per heavy atom. The predicted octanol–water partition coefficient (Wildman–Crippen LogP) is 0.417. The van der Waals surface area contributed by atoms with Gasteiger partial charge in [0.05, 0.1) is 12.3 Å². The molecule has 0 unspecified atom stereocenters. The molecule has 2 amide bonds. The number of carboxylic acids is 1. The van der Waals surface area contributed by atoms with Crippen LogP contribution in [0, 0.1) is 5.82 Å². The van der Waals surface area contributed by atoms with E-state index in [1.165, 1.54) is 25.2 Å². The summed E-state index contributed by atoms with van der Waals surface area (Å²) >= 11 is 0. The molecule has 0 saturated carbocycles. The summed E-state index contributed by atoms with van der Waals surface area (Å²) in [5.41, 5.74) is 0.0112. The predicted molar refractivity (Wildman–Crippen MR) is 61.8 cm³/mol. The molecule has 6 nitrogen and oxygen atoms in total. The topological polar surface area (TPSA) is 89.9 Å². The zero-order valence-corrected chi connectivity index (χ0v) is 9.63. The Morgan fingerprint density at radius 3 is 2.56 bits per heavy atom. The molecule has 0 bridgehead atoms. The molecule has 0 aromatic heterocycles. The van der Waals surface area contributed by atoms with Crippen LogP contribution in [-0.2, 0) is 4.79 Å². The number of carbonyl (C=O) groups is 2. The third-order valence-electron chi connectivity index (χ3n) is 2.30. The van der Waals surface area contributed by atoms with Crippen LogP contribution >= 0.6 is 0 Å². The van der Waals surface area contributed by atoms with Crippen LogP contribution in [0.3, 0.4) is 0 Å². The van der Waals surface area contributed by atoms with Gasteiger partial charge in [0.15, 0.2) is 6.04 Å². The molecule has 0 spiro atoms. The van der Waals surface area contributed by atoms with E-state index >= 15 is 0 Å². The number of nitrogens with zero attached hydrogens (tertiary/aromatic N) is 1. The van der Waals surface area contributed by atoms with E-state index in [9.17, 15) is 14.0 Å². The molecule has 0 fully saturated rings. The van der Waals surface area contributed by atoms with Gasteiger partial charge in [-0.25, -0.2) is 14.0 Å². The molecular weight excluding hydrogens is 243 g/mol. The van der Waals surface area contributed by atoms with Crippen molar-refractivity contribution in [1.29, 1.82) is 0 Å². The number of rotatable bonds is 4. The van der Waals surface area contributed by atoms with Gasteiger partial charge in [-0.1, -0.05) is 12.1 Å². The molecule has 98 valence electrons. The Bertz CT molecular complexity index is 452. The van der Waals surface area contributed by atoms with Crippen LogP contribution < -0.4 is 10.2 Å². The van der Waals surface area contributed by atoms with Gasteiger partial charge in [0.1, 0.15) is 5.82 Å². The summed E-state index contributed by atoms with van der Waals surface area (Å²) in [4.78, 5) is 23.2. The number of anilines is 1. The van der Waals surface area contributed by atoms with Crippen molar-refractivity contribution in [2.75, 3.05) is 18.6 Å². The lowest BCUT2D eigenvalue weighted by atomic mass is 10.3. The lowest BCUT2D eigenvalue weighted by Crippen LogP contribution is -2.48. The number of carbonyl (C=O) groups excluding carboxylic acids is 1. The van der Waals surface area contributed by atoms with Crippen LogP contribution in [0.15, 0.2) is 24.3 Å². The SMILES string of the molecule is CN(C(=O)N[C@H](CO)C(=O)O)c1ccccc1F. The summed E-state index contributed by atoms with van der Waals surface area (Å²) in [6.07, 6.45) is 0. The highest BCUT2D eigenvalue weighted by Gasteiger charge is 2.22. The van der Waals surface area contributed by atoms with E-state index in [4.69, 9.17) is 10.2 Å². The molecular formula is C11H13FN2O4. The average Bonchev–Trinajstić information content (AvgIpc) is 2.35. The fraction of sp³-hybridized carbons (Fsp3) is 0.273. The van der Waals surface area contributed by atoms with E-state index in [1.54, 1.807) is 6.07 Å². The summed E-state index contributed by atoms with van der Waals surface area (Å²) < 4.78 is 13.4. The molecule has 0 aliphatic carbocycles. The first-order chi connectivity index (χ1) is 8.47. The number of urea groups is 1. The zero-order chi connectivity index (χ0) is 13.7. The first kappa shape index (κ1) is 13.9. The minimum absolute atomic E-state index is 0.0112. The quantitative estimate of drug-likeness (QED) is 0.728. The Balaban J connectivity index is 2.79. The van der Waals surface area contributed by atoms with Gasteiger partial charge in [0.25, 0.3) is 0 Å². The Morgan fingerprint density at radius 2 is 2.06 bits per heavy atom. The van der Waals surface area contributed by atoms with E-state index < -0.39 is 30.5 Å². The minimum atomic E-state index is -1.42. The van der Waals surface area contributed by atoms with Crippen molar-refractivity contribution in [2.24, 2.45) is 0 Å². The van der Waals surface area contributed by atoms with Crippen LogP contribution in [0.4, 0.5) is 14.9 Å².